The third-order valence-electron chi connectivity index (χ3n) is 4.28. The van der Waals surface area contributed by atoms with Crippen molar-refractivity contribution in [3.8, 4) is 0 Å². The minimum atomic E-state index is -3.57. The minimum Gasteiger partial charge on any atom is -0.486 e. The summed E-state index contributed by atoms with van der Waals surface area (Å²) >= 11 is 0. The van der Waals surface area contributed by atoms with Crippen LogP contribution < -0.4 is 0 Å². The highest BCUT2D eigenvalue weighted by Crippen LogP contribution is 2.40. The van der Waals surface area contributed by atoms with Gasteiger partial charge in [-0.1, -0.05) is 48.0 Å². The van der Waals surface area contributed by atoms with Crippen molar-refractivity contribution in [3.63, 3.8) is 0 Å². The van der Waals surface area contributed by atoms with E-state index in [9.17, 15) is 8.42 Å². The Morgan fingerprint density at radius 3 is 2.21 bits per heavy atom. The van der Waals surface area contributed by atoms with E-state index in [1.165, 1.54) is 0 Å². The van der Waals surface area contributed by atoms with Gasteiger partial charge < -0.3 is 4.74 Å². The number of sulfone groups is 1. The molecular formula is C20H22O3S. The van der Waals surface area contributed by atoms with Crippen LogP contribution in [0.15, 0.2) is 64.4 Å². The zero-order chi connectivity index (χ0) is 17.4. The molecule has 2 aromatic carbocycles. The average molecular weight is 342 g/mol. The highest BCUT2D eigenvalue weighted by atomic mass is 32.2. The van der Waals surface area contributed by atoms with Crippen LogP contribution in [0.1, 0.15) is 37.8 Å². The van der Waals surface area contributed by atoms with Gasteiger partial charge in [0.25, 0.3) is 0 Å². The number of aryl methyl sites for hydroxylation is 1. The van der Waals surface area contributed by atoms with E-state index in [1.54, 1.807) is 12.1 Å². The summed E-state index contributed by atoms with van der Waals surface area (Å²) in [7, 11) is -3.57. The molecule has 0 fully saturated rings. The first-order valence-electron chi connectivity index (χ1n) is 8.09. The van der Waals surface area contributed by atoms with E-state index in [0.717, 1.165) is 11.1 Å². The molecule has 4 heteroatoms. The van der Waals surface area contributed by atoms with Gasteiger partial charge in [-0.05, 0) is 45.7 Å². The Labute approximate surface area is 143 Å². The predicted octanol–water partition coefficient (Wildman–Crippen LogP) is 4.73. The van der Waals surface area contributed by atoms with E-state index in [0.29, 0.717) is 28.4 Å². The first-order valence-corrected chi connectivity index (χ1v) is 9.57. The Balaban J connectivity index is 2.17. The van der Waals surface area contributed by atoms with Crippen LogP contribution in [0.4, 0.5) is 0 Å². The summed E-state index contributed by atoms with van der Waals surface area (Å²) in [5, 5.41) is 0. The van der Waals surface area contributed by atoms with Crippen molar-refractivity contribution in [1.82, 2.24) is 0 Å². The molecule has 1 aliphatic heterocycles. The number of hydrogen-bond acceptors (Lipinski definition) is 3. The van der Waals surface area contributed by atoms with Gasteiger partial charge in [-0.2, -0.15) is 0 Å². The third kappa shape index (κ3) is 3.24. The Bertz CT molecular complexity index is 861. The van der Waals surface area contributed by atoms with E-state index in [2.05, 4.69) is 0 Å². The van der Waals surface area contributed by atoms with Crippen LogP contribution in [0, 0.1) is 6.92 Å². The quantitative estimate of drug-likeness (QED) is 0.810. The molecule has 0 saturated heterocycles. The third-order valence-corrected chi connectivity index (χ3v) is 6.21. The molecule has 0 spiro atoms. The molecule has 0 radical (unpaired) electrons. The van der Waals surface area contributed by atoms with Gasteiger partial charge in [-0.15, -0.1) is 0 Å². The van der Waals surface area contributed by atoms with E-state index in [1.807, 2.05) is 63.2 Å². The molecule has 2 aromatic rings. The number of ether oxygens (including phenoxy) is 1. The first kappa shape index (κ1) is 16.8. The maximum atomic E-state index is 13.2. The standard InChI is InChI=1S/C20H22O3S/c1-15-9-11-17(12-10-15)24(21,22)18-13-14-20(2,3)23-19(18)16-7-5-4-6-8-16/h4-12H,13-14H2,1-3H3. The van der Waals surface area contributed by atoms with Crippen molar-refractivity contribution < 1.29 is 13.2 Å². The Kier molecular flexibility index (Phi) is 4.26. The zero-order valence-corrected chi connectivity index (χ0v) is 15.1. The van der Waals surface area contributed by atoms with Gasteiger partial charge in [0.05, 0.1) is 9.80 Å². The van der Waals surface area contributed by atoms with E-state index < -0.39 is 9.84 Å². The molecule has 126 valence electrons. The maximum absolute atomic E-state index is 13.2. The second kappa shape index (κ2) is 6.10. The fraction of sp³-hybridized carbons (Fsp3) is 0.300. The molecule has 0 N–H and O–H groups in total. The largest absolute Gasteiger partial charge is 0.486 e. The van der Waals surface area contributed by atoms with Gasteiger partial charge in [0.2, 0.25) is 9.84 Å². The summed E-state index contributed by atoms with van der Waals surface area (Å²) < 4.78 is 32.4. The molecular weight excluding hydrogens is 320 g/mol. The smallest absolute Gasteiger partial charge is 0.206 e. The van der Waals surface area contributed by atoms with Gasteiger partial charge in [-0.25, -0.2) is 8.42 Å². The Morgan fingerprint density at radius 2 is 1.58 bits per heavy atom. The molecule has 1 heterocycles. The van der Waals surface area contributed by atoms with E-state index in [4.69, 9.17) is 4.74 Å². The van der Waals surface area contributed by atoms with Crippen molar-refractivity contribution in [2.24, 2.45) is 0 Å². The van der Waals surface area contributed by atoms with Gasteiger partial charge in [-0.3, -0.25) is 0 Å². The summed E-state index contributed by atoms with van der Waals surface area (Å²) in [4.78, 5) is 0.691. The molecule has 0 unspecified atom stereocenters. The second-order valence-electron chi connectivity index (χ2n) is 6.80. The number of rotatable bonds is 3. The summed E-state index contributed by atoms with van der Waals surface area (Å²) in [5.74, 6) is 0.479. The SMILES string of the molecule is Cc1ccc(S(=O)(=O)C2=C(c3ccccc3)OC(C)(C)CC2)cc1. The van der Waals surface area contributed by atoms with Crippen molar-refractivity contribution in [2.75, 3.05) is 0 Å². The van der Waals surface area contributed by atoms with Gasteiger partial charge in [0, 0.05) is 5.56 Å². The Morgan fingerprint density at radius 1 is 0.958 bits per heavy atom. The maximum Gasteiger partial charge on any atom is 0.206 e. The molecule has 3 nitrogen and oxygen atoms in total. The summed E-state index contributed by atoms with van der Waals surface area (Å²) in [6.45, 7) is 5.92. The molecule has 0 aliphatic carbocycles. The fourth-order valence-electron chi connectivity index (χ4n) is 2.84. The lowest BCUT2D eigenvalue weighted by molar-refractivity contribution is 0.0581. The van der Waals surface area contributed by atoms with Crippen LogP contribution in [0.25, 0.3) is 5.76 Å². The molecule has 24 heavy (non-hydrogen) atoms. The summed E-state index contributed by atoms with van der Waals surface area (Å²) in [6, 6.07) is 16.5. The average Bonchev–Trinajstić information content (AvgIpc) is 2.55. The zero-order valence-electron chi connectivity index (χ0n) is 14.2. The molecule has 0 aromatic heterocycles. The van der Waals surface area contributed by atoms with Crippen LogP contribution in [0.3, 0.4) is 0 Å². The van der Waals surface area contributed by atoms with Crippen molar-refractivity contribution >= 4 is 15.6 Å². The van der Waals surface area contributed by atoms with Crippen LogP contribution >= 0.6 is 0 Å². The van der Waals surface area contributed by atoms with Crippen LogP contribution in [0.5, 0.6) is 0 Å². The molecule has 0 saturated carbocycles. The topological polar surface area (TPSA) is 43.4 Å². The predicted molar refractivity (Wildman–Crippen MR) is 96.1 cm³/mol. The van der Waals surface area contributed by atoms with Gasteiger partial charge >= 0.3 is 0 Å². The molecule has 0 atom stereocenters. The van der Waals surface area contributed by atoms with Crippen LogP contribution in [-0.4, -0.2) is 14.0 Å². The van der Waals surface area contributed by atoms with Gasteiger partial charge in [0.15, 0.2) is 0 Å². The number of allylic oxidation sites excluding steroid dienone is 1. The van der Waals surface area contributed by atoms with Gasteiger partial charge in [0.1, 0.15) is 11.4 Å². The van der Waals surface area contributed by atoms with E-state index in [-0.39, 0.29) is 5.60 Å². The fourth-order valence-corrected chi connectivity index (χ4v) is 4.39. The van der Waals surface area contributed by atoms with Crippen molar-refractivity contribution in [2.45, 2.75) is 44.1 Å². The first-order chi connectivity index (χ1) is 11.3. The second-order valence-corrected chi connectivity index (χ2v) is 8.77. The molecule has 1 aliphatic rings. The molecule has 0 bridgehead atoms. The monoisotopic (exact) mass is 342 g/mol. The highest BCUT2D eigenvalue weighted by molar-refractivity contribution is 7.95. The normalized spacial score (nSPS) is 17.5. The number of hydrogen-bond donors (Lipinski definition) is 0. The molecule has 3 rings (SSSR count). The van der Waals surface area contributed by atoms with Crippen molar-refractivity contribution in [1.29, 1.82) is 0 Å². The van der Waals surface area contributed by atoms with Crippen molar-refractivity contribution in [3.05, 3.63) is 70.6 Å². The number of benzene rings is 2. The lowest BCUT2D eigenvalue weighted by atomic mass is 9.97. The molecule has 0 amide bonds. The van der Waals surface area contributed by atoms with Crippen LogP contribution in [0.2, 0.25) is 0 Å². The Hall–Kier alpha value is -2.07. The summed E-state index contributed by atoms with van der Waals surface area (Å²) in [5.41, 5.74) is 1.46. The lowest BCUT2D eigenvalue weighted by Gasteiger charge is -2.34. The van der Waals surface area contributed by atoms with Crippen LogP contribution in [-0.2, 0) is 14.6 Å². The van der Waals surface area contributed by atoms with E-state index >= 15 is 0 Å². The highest BCUT2D eigenvalue weighted by Gasteiger charge is 2.35. The minimum absolute atomic E-state index is 0.319. The summed E-state index contributed by atoms with van der Waals surface area (Å²) in [6.07, 6.45) is 1.15. The lowest BCUT2D eigenvalue weighted by Crippen LogP contribution is -2.29.